The second kappa shape index (κ2) is 1.72. The largest absolute Gasteiger partial charge is 0.379 e. The molecular formula is C7H8N2. The van der Waals surface area contributed by atoms with Crippen LogP contribution in [0.5, 0.6) is 0 Å². The Morgan fingerprint density at radius 2 is 2.67 bits per heavy atom. The van der Waals surface area contributed by atoms with Gasteiger partial charge >= 0.3 is 0 Å². The third-order valence-electron chi connectivity index (χ3n) is 1.61. The molecule has 0 amide bonds. The van der Waals surface area contributed by atoms with E-state index in [1.165, 1.54) is 5.57 Å². The van der Waals surface area contributed by atoms with Crippen LogP contribution < -0.4 is 5.32 Å². The zero-order chi connectivity index (χ0) is 6.10. The van der Waals surface area contributed by atoms with Gasteiger partial charge in [-0.05, 0) is 17.8 Å². The van der Waals surface area contributed by atoms with Gasteiger partial charge in [-0.25, -0.2) is 0 Å². The molecule has 1 unspecified atom stereocenters. The maximum absolute atomic E-state index is 4.13. The molecule has 0 spiro atoms. The summed E-state index contributed by atoms with van der Waals surface area (Å²) in [4.78, 5) is 4.13. The summed E-state index contributed by atoms with van der Waals surface area (Å²) in [7, 11) is 0. The standard InChI is InChI=1S/C7H8N2/c1-2-6-4-8-5-7(6)9-3-1/h1-3,5,7,9H,4H2. The van der Waals surface area contributed by atoms with Gasteiger partial charge in [0.1, 0.15) is 0 Å². The van der Waals surface area contributed by atoms with Crippen molar-refractivity contribution in [3.8, 4) is 0 Å². The molecule has 0 saturated heterocycles. The number of nitrogens with zero attached hydrogens (tertiary/aromatic N) is 1. The Labute approximate surface area is 54.0 Å². The lowest BCUT2D eigenvalue weighted by Crippen LogP contribution is -2.27. The normalized spacial score (nSPS) is 29.3. The molecule has 1 N–H and O–H groups in total. The van der Waals surface area contributed by atoms with E-state index in [0.717, 1.165) is 6.54 Å². The summed E-state index contributed by atoms with van der Waals surface area (Å²) >= 11 is 0. The molecule has 0 aromatic heterocycles. The number of hydrogen-bond donors (Lipinski definition) is 1. The molecule has 2 aliphatic heterocycles. The zero-order valence-corrected chi connectivity index (χ0v) is 5.04. The van der Waals surface area contributed by atoms with Gasteiger partial charge in [0, 0.05) is 6.21 Å². The summed E-state index contributed by atoms with van der Waals surface area (Å²) in [5.74, 6) is 0. The van der Waals surface area contributed by atoms with E-state index in [0.29, 0.717) is 6.04 Å². The summed E-state index contributed by atoms with van der Waals surface area (Å²) in [6.07, 6.45) is 8.04. The molecule has 2 heterocycles. The third kappa shape index (κ3) is 0.669. The number of dihydropyridines is 1. The molecule has 2 heteroatoms. The van der Waals surface area contributed by atoms with E-state index < -0.39 is 0 Å². The van der Waals surface area contributed by atoms with Gasteiger partial charge in [-0.1, -0.05) is 6.08 Å². The highest BCUT2D eigenvalue weighted by molar-refractivity contribution is 5.74. The molecule has 0 bridgehead atoms. The molecule has 0 aliphatic carbocycles. The number of fused-ring (bicyclic) bond motifs is 1. The van der Waals surface area contributed by atoms with Crippen molar-refractivity contribution < 1.29 is 0 Å². The van der Waals surface area contributed by atoms with Crippen molar-refractivity contribution in [2.75, 3.05) is 6.54 Å². The Hall–Kier alpha value is -1.05. The minimum absolute atomic E-state index is 0.398. The van der Waals surface area contributed by atoms with E-state index in [-0.39, 0.29) is 0 Å². The minimum atomic E-state index is 0.398. The van der Waals surface area contributed by atoms with E-state index in [1.54, 1.807) is 0 Å². The van der Waals surface area contributed by atoms with Gasteiger partial charge in [-0.3, -0.25) is 4.99 Å². The van der Waals surface area contributed by atoms with Gasteiger partial charge in [0.15, 0.2) is 0 Å². The number of hydrogen-bond acceptors (Lipinski definition) is 2. The number of nitrogens with one attached hydrogen (secondary N) is 1. The Bertz CT molecular complexity index is 201. The van der Waals surface area contributed by atoms with E-state index in [4.69, 9.17) is 0 Å². The highest BCUT2D eigenvalue weighted by Crippen LogP contribution is 2.10. The maximum atomic E-state index is 4.13. The van der Waals surface area contributed by atoms with Crippen molar-refractivity contribution in [3.63, 3.8) is 0 Å². The van der Waals surface area contributed by atoms with E-state index in [1.807, 2.05) is 18.5 Å². The first-order chi connectivity index (χ1) is 4.47. The fourth-order valence-electron chi connectivity index (χ4n) is 1.09. The van der Waals surface area contributed by atoms with Crippen molar-refractivity contribution in [1.82, 2.24) is 5.32 Å². The molecule has 46 valence electrons. The molecule has 2 rings (SSSR count). The minimum Gasteiger partial charge on any atom is -0.379 e. The molecule has 2 nitrogen and oxygen atoms in total. The van der Waals surface area contributed by atoms with Crippen molar-refractivity contribution in [3.05, 3.63) is 23.9 Å². The number of aliphatic imine (C=N–C) groups is 1. The van der Waals surface area contributed by atoms with Crippen LogP contribution in [0.3, 0.4) is 0 Å². The smallest absolute Gasteiger partial charge is 0.0841 e. The Balaban J connectivity index is 2.29. The van der Waals surface area contributed by atoms with Crippen molar-refractivity contribution in [1.29, 1.82) is 0 Å². The van der Waals surface area contributed by atoms with Gasteiger partial charge in [0.25, 0.3) is 0 Å². The van der Waals surface area contributed by atoms with Gasteiger partial charge < -0.3 is 5.32 Å². The Morgan fingerprint density at radius 3 is 3.56 bits per heavy atom. The fraction of sp³-hybridized carbons (Fsp3) is 0.286. The van der Waals surface area contributed by atoms with Crippen molar-refractivity contribution >= 4 is 6.21 Å². The molecule has 1 atom stereocenters. The first-order valence-corrected chi connectivity index (χ1v) is 3.08. The average Bonchev–Trinajstić information content (AvgIpc) is 2.33. The van der Waals surface area contributed by atoms with Crippen molar-refractivity contribution in [2.45, 2.75) is 6.04 Å². The van der Waals surface area contributed by atoms with Crippen molar-refractivity contribution in [2.24, 2.45) is 4.99 Å². The summed E-state index contributed by atoms with van der Waals surface area (Å²) in [6.45, 7) is 0.877. The highest BCUT2D eigenvalue weighted by Gasteiger charge is 2.15. The molecule has 0 aromatic carbocycles. The molecular weight excluding hydrogens is 112 g/mol. The topological polar surface area (TPSA) is 24.4 Å². The first kappa shape index (κ1) is 4.79. The van der Waals surface area contributed by atoms with Gasteiger partial charge in [-0.2, -0.15) is 0 Å². The predicted octanol–water partition coefficient (Wildman–Crippen LogP) is 0.483. The fourth-order valence-corrected chi connectivity index (χ4v) is 1.09. The van der Waals surface area contributed by atoms with Gasteiger partial charge in [0.2, 0.25) is 0 Å². The maximum Gasteiger partial charge on any atom is 0.0841 e. The van der Waals surface area contributed by atoms with Crippen LogP contribution in [-0.2, 0) is 0 Å². The van der Waals surface area contributed by atoms with Crippen LogP contribution in [0.25, 0.3) is 0 Å². The monoisotopic (exact) mass is 120 g/mol. The quantitative estimate of drug-likeness (QED) is 0.494. The highest BCUT2D eigenvalue weighted by atomic mass is 14.9. The lowest BCUT2D eigenvalue weighted by Gasteiger charge is -2.12. The van der Waals surface area contributed by atoms with Gasteiger partial charge in [-0.15, -0.1) is 0 Å². The Kier molecular flexibility index (Phi) is 0.918. The molecule has 0 aromatic rings. The van der Waals surface area contributed by atoms with Crippen LogP contribution in [0.2, 0.25) is 0 Å². The third-order valence-corrected chi connectivity index (χ3v) is 1.61. The van der Waals surface area contributed by atoms with Crippen LogP contribution in [-0.4, -0.2) is 18.8 Å². The molecule has 0 saturated carbocycles. The van der Waals surface area contributed by atoms with E-state index >= 15 is 0 Å². The molecule has 2 aliphatic rings. The summed E-state index contributed by atoms with van der Waals surface area (Å²) in [6, 6.07) is 0.398. The molecule has 0 radical (unpaired) electrons. The molecule has 0 fully saturated rings. The van der Waals surface area contributed by atoms with Crippen LogP contribution in [0.4, 0.5) is 0 Å². The van der Waals surface area contributed by atoms with Gasteiger partial charge in [0.05, 0.1) is 12.6 Å². The number of allylic oxidation sites excluding steroid dienone is 2. The summed E-state index contributed by atoms with van der Waals surface area (Å²) in [5, 5.41) is 3.18. The summed E-state index contributed by atoms with van der Waals surface area (Å²) in [5.41, 5.74) is 1.37. The van der Waals surface area contributed by atoms with Crippen LogP contribution in [0.1, 0.15) is 0 Å². The second-order valence-corrected chi connectivity index (χ2v) is 2.23. The Morgan fingerprint density at radius 1 is 1.67 bits per heavy atom. The second-order valence-electron chi connectivity index (χ2n) is 2.23. The first-order valence-electron chi connectivity index (χ1n) is 3.08. The lowest BCUT2D eigenvalue weighted by molar-refractivity contribution is 0.841. The zero-order valence-electron chi connectivity index (χ0n) is 5.04. The lowest BCUT2D eigenvalue weighted by atomic mass is 10.1. The average molecular weight is 120 g/mol. The van der Waals surface area contributed by atoms with Crippen LogP contribution in [0.15, 0.2) is 28.9 Å². The molecule has 9 heavy (non-hydrogen) atoms. The summed E-state index contributed by atoms with van der Waals surface area (Å²) < 4.78 is 0. The predicted molar refractivity (Wildman–Crippen MR) is 37.5 cm³/mol. The number of rotatable bonds is 0. The van der Waals surface area contributed by atoms with Crippen LogP contribution in [0, 0.1) is 0 Å². The SMILES string of the molecule is C1=CNC2C=NCC2=C1. The van der Waals surface area contributed by atoms with Crippen LogP contribution >= 0.6 is 0 Å². The van der Waals surface area contributed by atoms with E-state index in [2.05, 4.69) is 16.4 Å². The van der Waals surface area contributed by atoms with E-state index in [9.17, 15) is 0 Å².